The summed E-state index contributed by atoms with van der Waals surface area (Å²) in [5.41, 5.74) is -1.77. The molecule has 0 rings (SSSR count). The zero-order valence-corrected chi connectivity index (χ0v) is 11.1. The molecule has 0 aliphatic carbocycles. The van der Waals surface area contributed by atoms with Crippen LogP contribution in [0.4, 0.5) is 8.78 Å². The molecule has 0 bridgehead atoms. The van der Waals surface area contributed by atoms with Crippen molar-refractivity contribution in [2.24, 2.45) is 10.8 Å². The van der Waals surface area contributed by atoms with Gasteiger partial charge in [0.2, 0.25) is 0 Å². The van der Waals surface area contributed by atoms with E-state index in [0.29, 0.717) is 19.3 Å². The summed E-state index contributed by atoms with van der Waals surface area (Å²) in [4.78, 5) is 0. The highest BCUT2D eigenvalue weighted by Crippen LogP contribution is 2.54. The smallest absolute Gasteiger partial charge is 0.206 e. The van der Waals surface area contributed by atoms with Crippen LogP contribution >= 0.6 is 0 Å². The summed E-state index contributed by atoms with van der Waals surface area (Å²) in [6.45, 7) is 10.8. The summed E-state index contributed by atoms with van der Waals surface area (Å²) in [6, 6.07) is 0. The lowest BCUT2D eigenvalue weighted by atomic mass is 9.65. The van der Waals surface area contributed by atoms with Gasteiger partial charge >= 0.3 is 0 Å². The lowest BCUT2D eigenvalue weighted by Crippen LogP contribution is -2.49. The van der Waals surface area contributed by atoms with E-state index >= 15 is 0 Å². The van der Waals surface area contributed by atoms with Crippen LogP contribution in [0.3, 0.4) is 0 Å². The first-order valence-electron chi connectivity index (χ1n) is 6.06. The zero-order chi connectivity index (χ0) is 12.3. The van der Waals surface area contributed by atoms with Gasteiger partial charge in [0.1, 0.15) is 0 Å². The minimum absolute atomic E-state index is 0.513. The van der Waals surface area contributed by atoms with E-state index in [9.17, 15) is 8.78 Å². The van der Waals surface area contributed by atoms with Crippen LogP contribution in [-0.4, -0.2) is 5.92 Å². The van der Waals surface area contributed by atoms with Crippen molar-refractivity contribution in [2.45, 2.75) is 73.1 Å². The van der Waals surface area contributed by atoms with E-state index < -0.39 is 16.8 Å². The first-order valence-corrected chi connectivity index (χ1v) is 6.06. The Balaban J connectivity index is 5.12. The van der Waals surface area contributed by atoms with Gasteiger partial charge < -0.3 is 0 Å². The SMILES string of the molecule is CCCC(C)(CC)C(F)(F)C(C)(C)CC. The highest BCUT2D eigenvalue weighted by atomic mass is 19.3. The molecule has 0 N–H and O–H groups in total. The average Bonchev–Trinajstić information content (AvgIpc) is 2.17. The Morgan fingerprint density at radius 1 is 0.867 bits per heavy atom. The predicted octanol–water partition coefficient (Wildman–Crippen LogP) is 5.27. The molecule has 1 unspecified atom stereocenters. The molecule has 0 radical (unpaired) electrons. The standard InChI is InChI=1S/C13H26F2/c1-7-10-12(6,9-3)13(14,15)11(4,5)8-2/h7-10H2,1-6H3. The molecular weight excluding hydrogens is 194 g/mol. The van der Waals surface area contributed by atoms with Crippen LogP contribution in [0.15, 0.2) is 0 Å². The van der Waals surface area contributed by atoms with Gasteiger partial charge in [0, 0.05) is 10.8 Å². The van der Waals surface area contributed by atoms with Crippen molar-refractivity contribution in [3.8, 4) is 0 Å². The van der Waals surface area contributed by atoms with Crippen LogP contribution in [0.2, 0.25) is 0 Å². The normalized spacial score (nSPS) is 17.6. The highest BCUT2D eigenvalue weighted by molar-refractivity contribution is 4.97. The van der Waals surface area contributed by atoms with Gasteiger partial charge in [-0.05, 0) is 19.3 Å². The van der Waals surface area contributed by atoms with E-state index in [1.165, 1.54) is 0 Å². The lowest BCUT2D eigenvalue weighted by molar-refractivity contribution is -0.198. The quantitative estimate of drug-likeness (QED) is 0.571. The van der Waals surface area contributed by atoms with Crippen molar-refractivity contribution in [3.63, 3.8) is 0 Å². The Labute approximate surface area is 93.4 Å². The summed E-state index contributed by atoms with van der Waals surface area (Å²) < 4.78 is 28.9. The van der Waals surface area contributed by atoms with Gasteiger partial charge in [0.25, 0.3) is 5.92 Å². The number of hydrogen-bond acceptors (Lipinski definition) is 0. The van der Waals surface area contributed by atoms with Crippen LogP contribution in [-0.2, 0) is 0 Å². The van der Waals surface area contributed by atoms with Crippen molar-refractivity contribution in [2.75, 3.05) is 0 Å². The van der Waals surface area contributed by atoms with Gasteiger partial charge in [-0.1, -0.05) is 48.0 Å². The van der Waals surface area contributed by atoms with Gasteiger partial charge in [-0.2, -0.15) is 0 Å². The Hall–Kier alpha value is -0.140. The Kier molecular flexibility index (Phi) is 4.75. The molecule has 15 heavy (non-hydrogen) atoms. The molecule has 0 fully saturated rings. The second kappa shape index (κ2) is 4.80. The number of rotatable bonds is 6. The first-order chi connectivity index (χ1) is 6.68. The summed E-state index contributed by atoms with van der Waals surface area (Å²) in [7, 11) is 0. The summed E-state index contributed by atoms with van der Waals surface area (Å²) in [5, 5.41) is 0. The second-order valence-electron chi connectivity index (χ2n) is 5.48. The van der Waals surface area contributed by atoms with Gasteiger partial charge in [-0.3, -0.25) is 0 Å². The average molecular weight is 220 g/mol. The molecule has 0 spiro atoms. The predicted molar refractivity (Wildman–Crippen MR) is 62.3 cm³/mol. The molecule has 0 aliphatic rings. The molecule has 0 aromatic carbocycles. The fourth-order valence-electron chi connectivity index (χ4n) is 2.15. The third kappa shape index (κ3) is 2.51. The van der Waals surface area contributed by atoms with E-state index in [2.05, 4.69) is 0 Å². The Morgan fingerprint density at radius 3 is 1.60 bits per heavy atom. The Morgan fingerprint density at radius 2 is 1.33 bits per heavy atom. The van der Waals surface area contributed by atoms with E-state index in [4.69, 9.17) is 0 Å². The topological polar surface area (TPSA) is 0 Å². The minimum Gasteiger partial charge on any atom is -0.206 e. The first kappa shape index (κ1) is 14.9. The van der Waals surface area contributed by atoms with E-state index in [1.807, 2.05) is 20.8 Å². The molecule has 0 saturated carbocycles. The molecule has 0 aromatic heterocycles. The molecular formula is C13H26F2. The van der Waals surface area contributed by atoms with Crippen LogP contribution in [0, 0.1) is 10.8 Å². The fourth-order valence-corrected chi connectivity index (χ4v) is 2.15. The van der Waals surface area contributed by atoms with Crippen LogP contribution in [0.1, 0.15) is 67.2 Å². The van der Waals surface area contributed by atoms with Crippen LogP contribution < -0.4 is 0 Å². The van der Waals surface area contributed by atoms with Gasteiger partial charge in [-0.15, -0.1) is 0 Å². The van der Waals surface area contributed by atoms with Crippen LogP contribution in [0.5, 0.6) is 0 Å². The van der Waals surface area contributed by atoms with Crippen molar-refractivity contribution >= 4 is 0 Å². The monoisotopic (exact) mass is 220 g/mol. The number of halogens is 2. The summed E-state index contributed by atoms with van der Waals surface area (Å²) in [6.07, 6.45) is 2.47. The maximum Gasteiger partial charge on any atom is 0.258 e. The minimum atomic E-state index is -2.60. The maximum atomic E-state index is 14.4. The summed E-state index contributed by atoms with van der Waals surface area (Å²) >= 11 is 0. The summed E-state index contributed by atoms with van der Waals surface area (Å²) in [5.74, 6) is -2.60. The lowest BCUT2D eigenvalue weighted by Gasteiger charge is -2.45. The molecule has 92 valence electrons. The van der Waals surface area contributed by atoms with Gasteiger partial charge in [-0.25, -0.2) is 8.78 Å². The maximum absolute atomic E-state index is 14.4. The van der Waals surface area contributed by atoms with Crippen LogP contribution in [0.25, 0.3) is 0 Å². The van der Waals surface area contributed by atoms with Crippen molar-refractivity contribution < 1.29 is 8.78 Å². The molecule has 1 atom stereocenters. The molecule has 0 nitrogen and oxygen atoms in total. The highest BCUT2D eigenvalue weighted by Gasteiger charge is 2.56. The third-order valence-corrected chi connectivity index (χ3v) is 4.07. The van der Waals surface area contributed by atoms with Crippen molar-refractivity contribution in [3.05, 3.63) is 0 Å². The second-order valence-corrected chi connectivity index (χ2v) is 5.48. The van der Waals surface area contributed by atoms with E-state index in [0.717, 1.165) is 6.42 Å². The van der Waals surface area contributed by atoms with Gasteiger partial charge in [0.15, 0.2) is 0 Å². The molecule has 0 saturated heterocycles. The van der Waals surface area contributed by atoms with E-state index in [1.54, 1.807) is 20.8 Å². The largest absolute Gasteiger partial charge is 0.258 e. The van der Waals surface area contributed by atoms with E-state index in [-0.39, 0.29) is 0 Å². The van der Waals surface area contributed by atoms with Crippen molar-refractivity contribution in [1.82, 2.24) is 0 Å². The molecule has 0 aliphatic heterocycles. The number of hydrogen-bond donors (Lipinski definition) is 0. The zero-order valence-electron chi connectivity index (χ0n) is 11.1. The fraction of sp³-hybridized carbons (Fsp3) is 1.00. The molecule has 0 amide bonds. The Bertz CT molecular complexity index is 197. The number of alkyl halides is 2. The third-order valence-electron chi connectivity index (χ3n) is 4.07. The molecule has 2 heteroatoms. The van der Waals surface area contributed by atoms with Crippen molar-refractivity contribution in [1.29, 1.82) is 0 Å². The molecule has 0 aromatic rings. The van der Waals surface area contributed by atoms with Gasteiger partial charge in [0.05, 0.1) is 0 Å². The molecule has 0 heterocycles.